The standard InChI is InChI=1S/C11H9NO4/c1-6-9(8-3-2-4-16-8)10(13)7(5-12-6)11(14)15/h2-5H,1H3,(H,12,13)(H,14,15). The molecular formula is C11H9NO4. The van der Waals surface area contributed by atoms with Gasteiger partial charge in [-0.2, -0.15) is 0 Å². The number of hydrogen-bond acceptors (Lipinski definition) is 3. The lowest BCUT2D eigenvalue weighted by molar-refractivity contribution is 0.0695. The Labute approximate surface area is 90.3 Å². The number of carboxylic acid groups (broad SMARTS) is 1. The Kier molecular flexibility index (Phi) is 2.36. The van der Waals surface area contributed by atoms with Gasteiger partial charge in [-0.3, -0.25) is 4.79 Å². The average Bonchev–Trinajstić information content (AvgIpc) is 2.70. The SMILES string of the molecule is Cc1[nH]cc(C(=O)O)c(=O)c1-c1ccco1. The van der Waals surface area contributed by atoms with Crippen molar-refractivity contribution >= 4 is 5.97 Å². The third-order valence-corrected chi connectivity index (χ3v) is 2.28. The first-order valence-corrected chi connectivity index (χ1v) is 4.60. The van der Waals surface area contributed by atoms with Crippen molar-refractivity contribution in [2.75, 3.05) is 0 Å². The fourth-order valence-electron chi connectivity index (χ4n) is 1.50. The van der Waals surface area contributed by atoms with Crippen LogP contribution in [0, 0.1) is 6.92 Å². The van der Waals surface area contributed by atoms with Gasteiger partial charge in [0.15, 0.2) is 0 Å². The molecule has 2 rings (SSSR count). The number of rotatable bonds is 2. The Morgan fingerprint density at radius 3 is 2.81 bits per heavy atom. The van der Waals surface area contributed by atoms with Gasteiger partial charge in [0, 0.05) is 11.9 Å². The number of carboxylic acids is 1. The Morgan fingerprint density at radius 1 is 1.50 bits per heavy atom. The van der Waals surface area contributed by atoms with Crippen molar-refractivity contribution in [3.63, 3.8) is 0 Å². The summed E-state index contributed by atoms with van der Waals surface area (Å²) >= 11 is 0. The van der Waals surface area contributed by atoms with Crippen molar-refractivity contribution in [2.45, 2.75) is 6.92 Å². The summed E-state index contributed by atoms with van der Waals surface area (Å²) in [5.74, 6) is -0.893. The summed E-state index contributed by atoms with van der Waals surface area (Å²) in [6, 6.07) is 3.25. The number of nitrogens with one attached hydrogen (secondary N) is 1. The number of hydrogen-bond donors (Lipinski definition) is 2. The van der Waals surface area contributed by atoms with Crippen LogP contribution in [0.15, 0.2) is 33.8 Å². The maximum Gasteiger partial charge on any atom is 0.341 e. The summed E-state index contributed by atoms with van der Waals surface area (Å²) in [4.78, 5) is 25.4. The zero-order valence-corrected chi connectivity index (χ0v) is 8.48. The van der Waals surface area contributed by atoms with Crippen LogP contribution in [-0.4, -0.2) is 16.1 Å². The van der Waals surface area contributed by atoms with Gasteiger partial charge in [0.05, 0.1) is 11.8 Å². The normalized spacial score (nSPS) is 10.3. The molecule has 5 heteroatoms. The van der Waals surface area contributed by atoms with Crippen LogP contribution >= 0.6 is 0 Å². The number of H-pyrrole nitrogens is 1. The maximum atomic E-state index is 11.9. The number of aromatic nitrogens is 1. The van der Waals surface area contributed by atoms with Crippen molar-refractivity contribution in [3.05, 3.63) is 46.1 Å². The lowest BCUT2D eigenvalue weighted by Crippen LogP contribution is -2.18. The molecule has 2 heterocycles. The van der Waals surface area contributed by atoms with Crippen LogP contribution in [0.3, 0.4) is 0 Å². The molecule has 2 aromatic rings. The van der Waals surface area contributed by atoms with Crippen LogP contribution < -0.4 is 5.43 Å². The topological polar surface area (TPSA) is 83.3 Å². The summed E-state index contributed by atoms with van der Waals surface area (Å²) in [6.45, 7) is 1.69. The van der Waals surface area contributed by atoms with Crippen LogP contribution in [0.5, 0.6) is 0 Å². The Balaban J connectivity index is 2.75. The number of furan rings is 1. The molecule has 5 nitrogen and oxygen atoms in total. The molecule has 0 unspecified atom stereocenters. The number of pyridine rings is 1. The van der Waals surface area contributed by atoms with Gasteiger partial charge in [-0.1, -0.05) is 0 Å². The van der Waals surface area contributed by atoms with Crippen LogP contribution in [-0.2, 0) is 0 Å². The molecule has 2 N–H and O–H groups in total. The largest absolute Gasteiger partial charge is 0.477 e. The van der Waals surface area contributed by atoms with E-state index in [4.69, 9.17) is 9.52 Å². The van der Waals surface area contributed by atoms with E-state index >= 15 is 0 Å². The van der Waals surface area contributed by atoms with Crippen molar-refractivity contribution in [3.8, 4) is 11.3 Å². The first-order valence-electron chi connectivity index (χ1n) is 4.60. The van der Waals surface area contributed by atoms with E-state index in [-0.39, 0.29) is 11.1 Å². The van der Waals surface area contributed by atoms with Gasteiger partial charge in [0.2, 0.25) is 5.43 Å². The molecule has 2 aromatic heterocycles. The number of aryl methyl sites for hydroxylation is 1. The molecular weight excluding hydrogens is 210 g/mol. The predicted octanol–water partition coefficient (Wildman–Crippen LogP) is 1.64. The van der Waals surface area contributed by atoms with Crippen LogP contribution in [0.4, 0.5) is 0 Å². The van der Waals surface area contributed by atoms with Gasteiger partial charge in [0.25, 0.3) is 0 Å². The monoisotopic (exact) mass is 219 g/mol. The van der Waals surface area contributed by atoms with Crippen LogP contribution in [0.25, 0.3) is 11.3 Å². The molecule has 0 aliphatic rings. The second-order valence-electron chi connectivity index (χ2n) is 3.31. The summed E-state index contributed by atoms with van der Waals surface area (Å²) in [6.07, 6.45) is 2.62. The maximum absolute atomic E-state index is 11.9. The molecule has 0 aliphatic heterocycles. The highest BCUT2D eigenvalue weighted by Crippen LogP contribution is 2.18. The quantitative estimate of drug-likeness (QED) is 0.804. The Morgan fingerprint density at radius 2 is 2.25 bits per heavy atom. The smallest absolute Gasteiger partial charge is 0.341 e. The minimum atomic E-state index is -1.26. The van der Waals surface area contributed by atoms with E-state index in [0.717, 1.165) is 0 Å². The zero-order chi connectivity index (χ0) is 11.7. The molecule has 0 atom stereocenters. The average molecular weight is 219 g/mol. The fraction of sp³-hybridized carbons (Fsp3) is 0.0909. The number of aromatic carboxylic acids is 1. The molecule has 0 amide bonds. The van der Waals surface area contributed by atoms with Gasteiger partial charge < -0.3 is 14.5 Å². The second kappa shape index (κ2) is 3.69. The number of carbonyl (C=O) groups is 1. The zero-order valence-electron chi connectivity index (χ0n) is 8.48. The lowest BCUT2D eigenvalue weighted by atomic mass is 10.1. The molecule has 0 saturated carbocycles. The lowest BCUT2D eigenvalue weighted by Gasteiger charge is -2.03. The van der Waals surface area contributed by atoms with E-state index in [2.05, 4.69) is 4.98 Å². The molecule has 0 aromatic carbocycles. The van der Waals surface area contributed by atoms with Crippen molar-refractivity contribution in [2.24, 2.45) is 0 Å². The second-order valence-corrected chi connectivity index (χ2v) is 3.31. The molecule has 0 aliphatic carbocycles. The van der Waals surface area contributed by atoms with E-state index in [1.807, 2.05) is 0 Å². The summed E-state index contributed by atoms with van der Waals surface area (Å²) in [5.41, 5.74) is -0.00875. The molecule has 0 spiro atoms. The fourth-order valence-corrected chi connectivity index (χ4v) is 1.50. The molecule has 16 heavy (non-hydrogen) atoms. The van der Waals surface area contributed by atoms with Gasteiger partial charge in [-0.15, -0.1) is 0 Å². The molecule has 82 valence electrons. The highest BCUT2D eigenvalue weighted by atomic mass is 16.4. The van der Waals surface area contributed by atoms with E-state index in [9.17, 15) is 9.59 Å². The third kappa shape index (κ3) is 1.52. The van der Waals surface area contributed by atoms with Gasteiger partial charge in [-0.25, -0.2) is 4.79 Å². The minimum absolute atomic E-state index is 0.255. The highest BCUT2D eigenvalue weighted by Gasteiger charge is 2.16. The van der Waals surface area contributed by atoms with Gasteiger partial charge in [-0.05, 0) is 19.1 Å². The van der Waals surface area contributed by atoms with E-state index in [1.165, 1.54) is 12.5 Å². The predicted molar refractivity (Wildman–Crippen MR) is 56.5 cm³/mol. The van der Waals surface area contributed by atoms with Gasteiger partial charge in [0.1, 0.15) is 11.3 Å². The number of aromatic amines is 1. The van der Waals surface area contributed by atoms with Gasteiger partial charge >= 0.3 is 5.97 Å². The minimum Gasteiger partial charge on any atom is -0.477 e. The van der Waals surface area contributed by atoms with E-state index < -0.39 is 11.4 Å². The molecule has 0 saturated heterocycles. The van der Waals surface area contributed by atoms with Crippen molar-refractivity contribution < 1.29 is 14.3 Å². The summed E-state index contributed by atoms with van der Waals surface area (Å²) in [7, 11) is 0. The molecule has 0 radical (unpaired) electrons. The van der Waals surface area contributed by atoms with Crippen LogP contribution in [0.2, 0.25) is 0 Å². The molecule has 0 bridgehead atoms. The Bertz CT molecular complexity index is 581. The summed E-state index contributed by atoms with van der Waals surface area (Å²) in [5, 5.41) is 8.83. The summed E-state index contributed by atoms with van der Waals surface area (Å²) < 4.78 is 5.10. The van der Waals surface area contributed by atoms with Crippen molar-refractivity contribution in [1.29, 1.82) is 0 Å². The highest BCUT2D eigenvalue weighted by molar-refractivity contribution is 5.88. The first-order chi connectivity index (χ1) is 7.61. The van der Waals surface area contributed by atoms with E-state index in [0.29, 0.717) is 11.5 Å². The van der Waals surface area contributed by atoms with E-state index in [1.54, 1.807) is 19.1 Å². The van der Waals surface area contributed by atoms with Crippen LogP contribution in [0.1, 0.15) is 16.1 Å². The van der Waals surface area contributed by atoms with Crippen molar-refractivity contribution in [1.82, 2.24) is 4.98 Å². The first kappa shape index (κ1) is 10.2. The molecule has 0 fully saturated rings. The third-order valence-electron chi connectivity index (χ3n) is 2.28. The Hall–Kier alpha value is -2.30.